The molecule has 0 radical (unpaired) electrons. The summed E-state index contributed by atoms with van der Waals surface area (Å²) in [5.41, 5.74) is 6.48. The second kappa shape index (κ2) is 8.12. The molecule has 0 aliphatic rings. The smallest absolute Gasteiger partial charge is 0.258 e. The first kappa shape index (κ1) is 16.8. The molecule has 20 heavy (non-hydrogen) atoms. The largest absolute Gasteiger partial charge is 0.483 e. The molecule has 0 saturated carbocycles. The molecule has 0 aliphatic carbocycles. The fourth-order valence-corrected chi connectivity index (χ4v) is 2.11. The maximum absolute atomic E-state index is 11.8. The standard InChI is InChI=1S/C15H23ClN2O2/c1-10(2)7-12(8-17)18-15(19)9-20-14-6-4-5-13(16)11(14)3/h4-6,10,12H,7-9,17H2,1-3H3,(H,18,19). The molecule has 112 valence electrons. The molecule has 1 aromatic carbocycles. The van der Waals surface area contributed by atoms with Crippen molar-refractivity contribution < 1.29 is 9.53 Å². The van der Waals surface area contributed by atoms with Crippen molar-refractivity contribution in [2.24, 2.45) is 11.7 Å². The van der Waals surface area contributed by atoms with E-state index in [0.717, 1.165) is 12.0 Å². The SMILES string of the molecule is Cc1c(Cl)cccc1OCC(=O)NC(CN)CC(C)C. The van der Waals surface area contributed by atoms with Gasteiger partial charge in [-0.15, -0.1) is 0 Å². The van der Waals surface area contributed by atoms with Crippen molar-refractivity contribution in [2.75, 3.05) is 13.2 Å². The lowest BCUT2D eigenvalue weighted by Crippen LogP contribution is -2.43. The molecule has 0 aliphatic heterocycles. The number of halogens is 1. The van der Waals surface area contributed by atoms with Crippen molar-refractivity contribution in [1.82, 2.24) is 5.32 Å². The molecule has 3 N–H and O–H groups in total. The lowest BCUT2D eigenvalue weighted by atomic mass is 10.0. The first-order valence-corrected chi connectivity index (χ1v) is 7.19. The minimum Gasteiger partial charge on any atom is -0.483 e. The molecule has 5 heteroatoms. The molecular weight excluding hydrogens is 276 g/mol. The molecule has 0 fully saturated rings. The third kappa shape index (κ3) is 5.39. The van der Waals surface area contributed by atoms with E-state index in [2.05, 4.69) is 19.2 Å². The van der Waals surface area contributed by atoms with E-state index < -0.39 is 0 Å². The van der Waals surface area contributed by atoms with E-state index >= 15 is 0 Å². The number of rotatable bonds is 7. The zero-order chi connectivity index (χ0) is 15.1. The first-order valence-electron chi connectivity index (χ1n) is 6.81. The molecule has 1 atom stereocenters. The highest BCUT2D eigenvalue weighted by atomic mass is 35.5. The Morgan fingerprint density at radius 2 is 2.15 bits per heavy atom. The summed E-state index contributed by atoms with van der Waals surface area (Å²) in [6, 6.07) is 5.37. The second-order valence-corrected chi connectivity index (χ2v) is 5.69. The lowest BCUT2D eigenvalue weighted by molar-refractivity contribution is -0.123. The summed E-state index contributed by atoms with van der Waals surface area (Å²) in [7, 11) is 0. The Morgan fingerprint density at radius 1 is 1.45 bits per heavy atom. The third-order valence-corrected chi connectivity index (χ3v) is 3.39. The highest BCUT2D eigenvalue weighted by Gasteiger charge is 2.13. The summed E-state index contributed by atoms with van der Waals surface area (Å²) in [4.78, 5) is 11.8. The van der Waals surface area contributed by atoms with Crippen LogP contribution in [0.15, 0.2) is 18.2 Å². The fourth-order valence-electron chi connectivity index (χ4n) is 1.94. The summed E-state index contributed by atoms with van der Waals surface area (Å²) in [6.45, 7) is 6.45. The number of amides is 1. The van der Waals surface area contributed by atoms with Crippen LogP contribution in [0.4, 0.5) is 0 Å². The van der Waals surface area contributed by atoms with E-state index in [0.29, 0.717) is 23.2 Å². The minimum atomic E-state index is -0.166. The van der Waals surface area contributed by atoms with E-state index in [-0.39, 0.29) is 18.6 Å². The maximum Gasteiger partial charge on any atom is 0.258 e. The summed E-state index contributed by atoms with van der Waals surface area (Å²) >= 11 is 6.00. The first-order chi connectivity index (χ1) is 9.43. The van der Waals surface area contributed by atoms with Crippen LogP contribution in [0.25, 0.3) is 0 Å². The van der Waals surface area contributed by atoms with Gasteiger partial charge in [0.25, 0.3) is 5.91 Å². The van der Waals surface area contributed by atoms with Crippen molar-refractivity contribution in [3.05, 3.63) is 28.8 Å². The van der Waals surface area contributed by atoms with Crippen LogP contribution in [0, 0.1) is 12.8 Å². The minimum absolute atomic E-state index is 0.00782. The van der Waals surface area contributed by atoms with Crippen molar-refractivity contribution >= 4 is 17.5 Å². The van der Waals surface area contributed by atoms with Crippen LogP contribution in [-0.2, 0) is 4.79 Å². The van der Waals surface area contributed by atoms with Gasteiger partial charge in [0.15, 0.2) is 6.61 Å². The van der Waals surface area contributed by atoms with E-state index in [9.17, 15) is 4.79 Å². The third-order valence-electron chi connectivity index (χ3n) is 2.98. The number of nitrogens with two attached hydrogens (primary N) is 1. The second-order valence-electron chi connectivity index (χ2n) is 5.28. The highest BCUT2D eigenvalue weighted by molar-refractivity contribution is 6.31. The normalized spacial score (nSPS) is 12.3. The zero-order valence-corrected chi connectivity index (χ0v) is 13.0. The van der Waals surface area contributed by atoms with E-state index in [1.807, 2.05) is 6.92 Å². The Hall–Kier alpha value is -1.26. The summed E-state index contributed by atoms with van der Waals surface area (Å²) in [5.74, 6) is 0.946. The Bertz CT molecular complexity index is 449. The Kier molecular flexibility index (Phi) is 6.82. The van der Waals surface area contributed by atoms with Gasteiger partial charge in [0.2, 0.25) is 0 Å². The van der Waals surface area contributed by atoms with Crippen molar-refractivity contribution in [1.29, 1.82) is 0 Å². The number of carbonyl (C=O) groups excluding carboxylic acids is 1. The molecule has 0 heterocycles. The number of benzene rings is 1. The van der Waals surface area contributed by atoms with Gasteiger partial charge in [0.1, 0.15) is 5.75 Å². The summed E-state index contributed by atoms with van der Waals surface area (Å²) in [5, 5.41) is 3.51. The van der Waals surface area contributed by atoms with E-state index in [1.165, 1.54) is 0 Å². The van der Waals surface area contributed by atoms with Gasteiger partial charge in [0, 0.05) is 23.2 Å². The molecule has 1 rings (SSSR count). The number of hydrogen-bond acceptors (Lipinski definition) is 3. The zero-order valence-electron chi connectivity index (χ0n) is 12.3. The summed E-state index contributed by atoms with van der Waals surface area (Å²) in [6.07, 6.45) is 0.860. The van der Waals surface area contributed by atoms with Gasteiger partial charge in [-0.05, 0) is 31.4 Å². The van der Waals surface area contributed by atoms with Crippen LogP contribution in [0.5, 0.6) is 5.75 Å². The average molecular weight is 299 g/mol. The van der Waals surface area contributed by atoms with Gasteiger partial charge in [-0.3, -0.25) is 4.79 Å². The molecule has 0 spiro atoms. The van der Waals surface area contributed by atoms with Crippen LogP contribution >= 0.6 is 11.6 Å². The monoisotopic (exact) mass is 298 g/mol. The topological polar surface area (TPSA) is 64.3 Å². The molecule has 0 bridgehead atoms. The number of hydrogen-bond donors (Lipinski definition) is 2. The molecule has 4 nitrogen and oxygen atoms in total. The summed E-state index contributed by atoms with van der Waals surface area (Å²) < 4.78 is 5.49. The Labute approximate surface area is 125 Å². The van der Waals surface area contributed by atoms with Gasteiger partial charge in [-0.1, -0.05) is 31.5 Å². The van der Waals surface area contributed by atoms with E-state index in [4.69, 9.17) is 22.1 Å². The predicted molar refractivity (Wildman–Crippen MR) is 82.1 cm³/mol. The molecule has 1 unspecified atom stereocenters. The number of ether oxygens (including phenoxy) is 1. The van der Waals surface area contributed by atoms with Gasteiger partial charge in [-0.2, -0.15) is 0 Å². The quantitative estimate of drug-likeness (QED) is 0.813. The van der Waals surface area contributed by atoms with Crippen molar-refractivity contribution in [3.63, 3.8) is 0 Å². The van der Waals surface area contributed by atoms with Gasteiger partial charge >= 0.3 is 0 Å². The van der Waals surface area contributed by atoms with Crippen molar-refractivity contribution in [2.45, 2.75) is 33.2 Å². The maximum atomic E-state index is 11.8. The van der Waals surface area contributed by atoms with Crippen LogP contribution in [0.2, 0.25) is 5.02 Å². The van der Waals surface area contributed by atoms with Crippen LogP contribution in [-0.4, -0.2) is 25.1 Å². The Morgan fingerprint density at radius 3 is 2.75 bits per heavy atom. The molecular formula is C15H23ClN2O2. The van der Waals surface area contributed by atoms with Crippen LogP contribution in [0.3, 0.4) is 0 Å². The van der Waals surface area contributed by atoms with Crippen LogP contribution in [0.1, 0.15) is 25.8 Å². The molecule has 0 saturated heterocycles. The molecule has 1 amide bonds. The van der Waals surface area contributed by atoms with Gasteiger partial charge in [-0.25, -0.2) is 0 Å². The number of nitrogens with one attached hydrogen (secondary N) is 1. The fraction of sp³-hybridized carbons (Fsp3) is 0.533. The van der Waals surface area contributed by atoms with Gasteiger partial charge in [0.05, 0.1) is 0 Å². The molecule has 0 aromatic heterocycles. The Balaban J connectivity index is 2.48. The predicted octanol–water partition coefficient (Wildman–Crippen LogP) is 2.52. The van der Waals surface area contributed by atoms with E-state index in [1.54, 1.807) is 18.2 Å². The van der Waals surface area contributed by atoms with Crippen LogP contribution < -0.4 is 15.8 Å². The lowest BCUT2D eigenvalue weighted by Gasteiger charge is -2.19. The van der Waals surface area contributed by atoms with Gasteiger partial charge < -0.3 is 15.8 Å². The average Bonchev–Trinajstić information content (AvgIpc) is 2.39. The molecule has 1 aromatic rings. The number of carbonyl (C=O) groups is 1. The highest BCUT2D eigenvalue weighted by Crippen LogP contribution is 2.24. The van der Waals surface area contributed by atoms with Crippen molar-refractivity contribution in [3.8, 4) is 5.75 Å².